The van der Waals surface area contributed by atoms with Crippen LogP contribution in [-0.2, 0) is 6.54 Å². The van der Waals surface area contributed by atoms with E-state index in [1.54, 1.807) is 24.3 Å². The number of carbonyl (C=O) groups excluding carboxylic acids is 1. The highest BCUT2D eigenvalue weighted by atomic mass is 19.1. The summed E-state index contributed by atoms with van der Waals surface area (Å²) in [4.78, 5) is 19.8. The number of phenolic OH excluding ortho intramolecular Hbond substituents is 2. The monoisotopic (exact) mass is 478 g/mol. The molecule has 0 saturated carbocycles. The number of aryl methyl sites for hydroxylation is 1. The van der Waals surface area contributed by atoms with Gasteiger partial charge >= 0.3 is 0 Å². The molecule has 5 rings (SSSR count). The Bertz CT molecular complexity index is 1580. The lowest BCUT2D eigenvalue weighted by atomic mass is 10.0. The van der Waals surface area contributed by atoms with Crippen LogP contribution in [0.25, 0.3) is 22.2 Å². The highest BCUT2D eigenvalue weighted by Crippen LogP contribution is 2.30. The second-order valence-corrected chi connectivity index (χ2v) is 8.62. The summed E-state index contributed by atoms with van der Waals surface area (Å²) in [6.07, 6.45) is 0. The lowest BCUT2D eigenvalue weighted by molar-refractivity contribution is 0.0982. The van der Waals surface area contributed by atoms with Crippen LogP contribution in [0.1, 0.15) is 21.5 Å². The molecule has 0 bridgehead atoms. The number of phenols is 2. The fourth-order valence-electron chi connectivity index (χ4n) is 4.26. The first-order chi connectivity index (χ1) is 17.4. The maximum Gasteiger partial charge on any atom is 0.262 e. The van der Waals surface area contributed by atoms with Crippen LogP contribution in [0, 0.1) is 12.7 Å². The molecule has 4 aromatic carbocycles. The van der Waals surface area contributed by atoms with Crippen molar-refractivity contribution in [3.05, 3.63) is 120 Å². The first-order valence-electron chi connectivity index (χ1n) is 11.4. The molecule has 2 N–H and O–H groups in total. The Hall–Kier alpha value is -4.71. The number of hydrogen-bond donors (Lipinski definition) is 2. The second kappa shape index (κ2) is 9.50. The number of nitrogens with zero attached hydrogens (tertiary/aromatic N) is 2. The van der Waals surface area contributed by atoms with E-state index < -0.39 is 11.7 Å². The van der Waals surface area contributed by atoms with Crippen molar-refractivity contribution in [3.8, 4) is 22.8 Å². The number of fused-ring (bicyclic) bond motifs is 1. The van der Waals surface area contributed by atoms with Gasteiger partial charge in [-0.05, 0) is 66.6 Å². The molecule has 0 aliphatic carbocycles. The van der Waals surface area contributed by atoms with Gasteiger partial charge in [0.25, 0.3) is 5.91 Å². The van der Waals surface area contributed by atoms with Gasteiger partial charge < -0.3 is 15.1 Å². The van der Waals surface area contributed by atoms with Gasteiger partial charge in [-0.1, -0.05) is 42.5 Å². The molecule has 0 aliphatic rings. The first-order valence-corrected chi connectivity index (χ1v) is 11.4. The molecular formula is C30H23FN2O3. The highest BCUT2D eigenvalue weighted by Gasteiger charge is 2.22. The number of para-hydroxylation sites is 1. The number of pyridine rings is 1. The van der Waals surface area contributed by atoms with Crippen molar-refractivity contribution >= 4 is 22.5 Å². The van der Waals surface area contributed by atoms with Crippen LogP contribution < -0.4 is 4.90 Å². The van der Waals surface area contributed by atoms with Gasteiger partial charge in [-0.25, -0.2) is 9.37 Å². The summed E-state index contributed by atoms with van der Waals surface area (Å²) in [5, 5.41) is 21.0. The zero-order chi connectivity index (χ0) is 25.2. The van der Waals surface area contributed by atoms with Crippen molar-refractivity contribution in [2.24, 2.45) is 0 Å². The SMILES string of the molecule is Cc1cc2ccccc2nc1-c1ccc(N(Cc2cccc(F)c2)C(=O)c2ccc(O)cc2O)cc1. The lowest BCUT2D eigenvalue weighted by Crippen LogP contribution is -2.30. The Labute approximate surface area is 207 Å². The molecule has 0 radical (unpaired) electrons. The summed E-state index contributed by atoms with van der Waals surface area (Å²) in [6, 6.07) is 27.3. The standard InChI is InChI=1S/C30H23FN2O3/c1-19-15-22-6-2-3-8-27(22)32-29(19)21-9-11-24(12-10-21)33(18-20-5-4-7-23(31)16-20)30(36)26-14-13-25(34)17-28(26)35/h2-17,34-35H,18H2,1H3. The van der Waals surface area contributed by atoms with Crippen molar-refractivity contribution < 1.29 is 19.4 Å². The summed E-state index contributed by atoms with van der Waals surface area (Å²) >= 11 is 0. The number of hydrogen-bond acceptors (Lipinski definition) is 4. The van der Waals surface area contributed by atoms with Crippen LogP contribution in [0.2, 0.25) is 0 Å². The van der Waals surface area contributed by atoms with Crippen molar-refractivity contribution in [1.29, 1.82) is 0 Å². The predicted octanol–water partition coefficient (Wildman–Crippen LogP) is 6.61. The molecule has 36 heavy (non-hydrogen) atoms. The molecule has 6 heteroatoms. The Kier molecular flexibility index (Phi) is 6.09. The third-order valence-corrected chi connectivity index (χ3v) is 6.05. The van der Waals surface area contributed by atoms with Gasteiger partial charge in [0.15, 0.2) is 0 Å². The van der Waals surface area contributed by atoms with Gasteiger partial charge in [-0.3, -0.25) is 4.79 Å². The van der Waals surface area contributed by atoms with Crippen LogP contribution in [0.15, 0.2) is 97.1 Å². The van der Waals surface area contributed by atoms with Crippen LogP contribution >= 0.6 is 0 Å². The van der Waals surface area contributed by atoms with Gasteiger partial charge in [0.05, 0.1) is 23.3 Å². The average Bonchev–Trinajstić information content (AvgIpc) is 2.87. The number of amides is 1. The molecule has 0 unspecified atom stereocenters. The Balaban J connectivity index is 1.53. The molecule has 0 aliphatic heterocycles. The number of anilines is 1. The minimum Gasteiger partial charge on any atom is -0.508 e. The summed E-state index contributed by atoms with van der Waals surface area (Å²) in [7, 11) is 0. The van der Waals surface area contributed by atoms with E-state index in [4.69, 9.17) is 4.98 Å². The Morgan fingerprint density at radius 1 is 0.889 bits per heavy atom. The highest BCUT2D eigenvalue weighted by molar-refractivity contribution is 6.08. The van der Waals surface area contributed by atoms with E-state index in [1.165, 1.54) is 29.2 Å². The number of benzene rings is 4. The van der Waals surface area contributed by atoms with Gasteiger partial charge in [0.2, 0.25) is 0 Å². The third kappa shape index (κ3) is 4.61. The number of halogens is 1. The number of aromatic hydroxyl groups is 2. The smallest absolute Gasteiger partial charge is 0.262 e. The summed E-state index contributed by atoms with van der Waals surface area (Å²) in [5.74, 6) is -1.37. The Morgan fingerprint density at radius 2 is 1.67 bits per heavy atom. The number of rotatable bonds is 5. The molecule has 1 heterocycles. The molecule has 5 nitrogen and oxygen atoms in total. The quantitative estimate of drug-likeness (QED) is 0.298. The molecule has 0 spiro atoms. The average molecular weight is 479 g/mol. The predicted molar refractivity (Wildman–Crippen MR) is 139 cm³/mol. The van der Waals surface area contributed by atoms with Gasteiger partial charge in [-0.2, -0.15) is 0 Å². The molecule has 0 saturated heterocycles. The zero-order valence-corrected chi connectivity index (χ0v) is 19.5. The van der Waals surface area contributed by atoms with Gasteiger partial charge in [-0.15, -0.1) is 0 Å². The fourth-order valence-corrected chi connectivity index (χ4v) is 4.26. The normalized spacial score (nSPS) is 10.9. The second-order valence-electron chi connectivity index (χ2n) is 8.62. The van der Waals surface area contributed by atoms with E-state index >= 15 is 0 Å². The largest absolute Gasteiger partial charge is 0.508 e. The van der Waals surface area contributed by atoms with E-state index in [1.807, 2.05) is 43.3 Å². The van der Waals surface area contributed by atoms with Crippen molar-refractivity contribution in [3.63, 3.8) is 0 Å². The fraction of sp³-hybridized carbons (Fsp3) is 0.0667. The Morgan fingerprint density at radius 3 is 2.42 bits per heavy atom. The maximum atomic E-state index is 13.9. The maximum absolute atomic E-state index is 13.9. The van der Waals surface area contributed by atoms with Crippen LogP contribution in [0.5, 0.6) is 11.5 Å². The van der Waals surface area contributed by atoms with Crippen LogP contribution in [0.4, 0.5) is 10.1 Å². The van der Waals surface area contributed by atoms with E-state index in [2.05, 4.69) is 6.07 Å². The lowest BCUT2D eigenvalue weighted by Gasteiger charge is -2.24. The van der Waals surface area contributed by atoms with E-state index in [0.717, 1.165) is 33.8 Å². The third-order valence-electron chi connectivity index (χ3n) is 6.05. The summed E-state index contributed by atoms with van der Waals surface area (Å²) in [6.45, 7) is 2.10. The molecule has 1 amide bonds. The van der Waals surface area contributed by atoms with Crippen LogP contribution in [0.3, 0.4) is 0 Å². The molecule has 1 aromatic heterocycles. The molecule has 0 atom stereocenters. The summed E-state index contributed by atoms with van der Waals surface area (Å²) < 4.78 is 13.9. The van der Waals surface area contributed by atoms with Crippen molar-refractivity contribution in [2.45, 2.75) is 13.5 Å². The van der Waals surface area contributed by atoms with E-state index in [9.17, 15) is 19.4 Å². The molecule has 0 fully saturated rings. The zero-order valence-electron chi connectivity index (χ0n) is 19.5. The first kappa shape index (κ1) is 23.1. The number of carbonyl (C=O) groups is 1. The molecule has 5 aromatic rings. The van der Waals surface area contributed by atoms with Crippen molar-refractivity contribution in [1.82, 2.24) is 4.98 Å². The van der Waals surface area contributed by atoms with Crippen LogP contribution in [-0.4, -0.2) is 21.1 Å². The summed E-state index contributed by atoms with van der Waals surface area (Å²) in [5.41, 5.74) is 4.86. The van der Waals surface area contributed by atoms with E-state index in [0.29, 0.717) is 11.3 Å². The topological polar surface area (TPSA) is 73.7 Å². The van der Waals surface area contributed by atoms with Gasteiger partial charge in [0.1, 0.15) is 17.3 Å². The minimum atomic E-state index is -0.482. The minimum absolute atomic E-state index is 0.0281. The molecule has 178 valence electrons. The van der Waals surface area contributed by atoms with Crippen molar-refractivity contribution in [2.75, 3.05) is 4.90 Å². The van der Waals surface area contributed by atoms with E-state index in [-0.39, 0.29) is 23.6 Å². The van der Waals surface area contributed by atoms with Gasteiger partial charge in [0, 0.05) is 22.7 Å². The number of aromatic nitrogens is 1. The molecular weight excluding hydrogens is 455 g/mol.